The van der Waals surface area contributed by atoms with Crippen LogP contribution < -0.4 is 10.1 Å². The van der Waals surface area contributed by atoms with Crippen molar-refractivity contribution in [2.75, 3.05) is 12.4 Å². The highest BCUT2D eigenvalue weighted by Gasteiger charge is 2.23. The van der Waals surface area contributed by atoms with Crippen molar-refractivity contribution in [1.82, 2.24) is 0 Å². The number of para-hydroxylation sites is 1. The third-order valence-electron chi connectivity index (χ3n) is 2.05. The standard InChI is InChI=1S/C12H16N2O5/c1-12(2,3)19-11(15)13-10-8(14(16)17)6-5-7-9(10)18-4/h5-7H,1-4H3,(H,13,15). The molecule has 0 spiro atoms. The molecule has 7 heteroatoms. The minimum Gasteiger partial charge on any atom is -0.494 e. The van der Waals surface area contributed by atoms with Crippen LogP contribution in [0.2, 0.25) is 0 Å². The summed E-state index contributed by atoms with van der Waals surface area (Å²) in [7, 11) is 1.36. The summed E-state index contributed by atoms with van der Waals surface area (Å²) in [6.07, 6.45) is -0.778. The van der Waals surface area contributed by atoms with Gasteiger partial charge in [0.05, 0.1) is 12.0 Å². The summed E-state index contributed by atoms with van der Waals surface area (Å²) in [5.41, 5.74) is -0.976. The van der Waals surface area contributed by atoms with Crippen molar-refractivity contribution in [2.24, 2.45) is 0 Å². The van der Waals surface area contributed by atoms with Gasteiger partial charge in [-0.05, 0) is 26.8 Å². The number of hydrogen-bond acceptors (Lipinski definition) is 5. The predicted molar refractivity (Wildman–Crippen MR) is 69.5 cm³/mol. The molecule has 0 aliphatic heterocycles. The molecule has 0 aliphatic rings. The fourth-order valence-corrected chi connectivity index (χ4v) is 1.37. The lowest BCUT2D eigenvalue weighted by molar-refractivity contribution is -0.384. The van der Waals surface area contributed by atoms with Crippen LogP contribution in [0, 0.1) is 10.1 Å². The Labute approximate surface area is 110 Å². The Morgan fingerprint density at radius 2 is 2.00 bits per heavy atom. The average Bonchev–Trinajstić information content (AvgIpc) is 2.26. The first-order chi connectivity index (χ1) is 8.74. The number of amides is 1. The Morgan fingerprint density at radius 3 is 2.47 bits per heavy atom. The molecule has 1 amide bonds. The number of methoxy groups -OCH3 is 1. The Kier molecular flexibility index (Phi) is 4.31. The van der Waals surface area contributed by atoms with Gasteiger partial charge in [-0.25, -0.2) is 4.79 Å². The van der Waals surface area contributed by atoms with E-state index in [0.29, 0.717) is 0 Å². The molecule has 0 saturated heterocycles. The number of ether oxygens (including phenoxy) is 2. The molecule has 1 rings (SSSR count). The molecule has 0 aromatic heterocycles. The Morgan fingerprint density at radius 1 is 1.37 bits per heavy atom. The van der Waals surface area contributed by atoms with Crippen molar-refractivity contribution in [3.8, 4) is 5.75 Å². The molecule has 0 saturated carbocycles. The molecule has 0 heterocycles. The molecule has 0 bridgehead atoms. The number of nitrogens with one attached hydrogen (secondary N) is 1. The van der Waals surface area contributed by atoms with Crippen LogP contribution in [0.4, 0.5) is 16.2 Å². The van der Waals surface area contributed by atoms with Gasteiger partial charge in [-0.2, -0.15) is 0 Å². The first kappa shape index (κ1) is 14.7. The normalized spacial score (nSPS) is 10.7. The van der Waals surface area contributed by atoms with Crippen LogP contribution in [-0.4, -0.2) is 23.7 Å². The van der Waals surface area contributed by atoms with Crippen LogP contribution in [0.3, 0.4) is 0 Å². The molecule has 0 fully saturated rings. The highest BCUT2D eigenvalue weighted by molar-refractivity contribution is 5.90. The summed E-state index contributed by atoms with van der Waals surface area (Å²) in [5.74, 6) is 0.194. The van der Waals surface area contributed by atoms with Crippen LogP contribution in [0.5, 0.6) is 5.75 Å². The van der Waals surface area contributed by atoms with Gasteiger partial charge in [0.25, 0.3) is 5.69 Å². The molecule has 0 aliphatic carbocycles. The summed E-state index contributed by atoms with van der Waals surface area (Å²) in [5, 5.41) is 13.3. The van der Waals surface area contributed by atoms with Crippen molar-refractivity contribution in [2.45, 2.75) is 26.4 Å². The van der Waals surface area contributed by atoms with Crippen molar-refractivity contribution in [1.29, 1.82) is 0 Å². The first-order valence-electron chi connectivity index (χ1n) is 5.56. The fraction of sp³-hybridized carbons (Fsp3) is 0.417. The van der Waals surface area contributed by atoms with Crippen molar-refractivity contribution >= 4 is 17.5 Å². The zero-order chi connectivity index (χ0) is 14.6. The smallest absolute Gasteiger partial charge is 0.412 e. The zero-order valence-corrected chi connectivity index (χ0v) is 11.2. The molecule has 19 heavy (non-hydrogen) atoms. The van der Waals surface area contributed by atoms with Crippen molar-refractivity contribution < 1.29 is 19.2 Å². The molecular weight excluding hydrogens is 252 g/mol. The molecule has 1 aromatic rings. The van der Waals surface area contributed by atoms with Crippen molar-refractivity contribution in [3.05, 3.63) is 28.3 Å². The van der Waals surface area contributed by atoms with E-state index >= 15 is 0 Å². The van der Waals surface area contributed by atoms with Crippen LogP contribution >= 0.6 is 0 Å². The lowest BCUT2D eigenvalue weighted by Gasteiger charge is -2.20. The van der Waals surface area contributed by atoms with Crippen LogP contribution in [0.1, 0.15) is 20.8 Å². The van der Waals surface area contributed by atoms with E-state index in [1.807, 2.05) is 0 Å². The van der Waals surface area contributed by atoms with Gasteiger partial charge in [-0.1, -0.05) is 6.07 Å². The topological polar surface area (TPSA) is 90.7 Å². The highest BCUT2D eigenvalue weighted by atomic mass is 16.6. The Bertz CT molecular complexity index is 493. The van der Waals surface area contributed by atoms with Gasteiger partial charge in [0, 0.05) is 6.07 Å². The van der Waals surface area contributed by atoms with Gasteiger partial charge < -0.3 is 9.47 Å². The predicted octanol–water partition coefficient (Wildman–Crippen LogP) is 2.95. The van der Waals surface area contributed by atoms with E-state index in [4.69, 9.17) is 9.47 Å². The molecule has 1 aromatic carbocycles. The van der Waals surface area contributed by atoms with Crippen LogP contribution in [0.25, 0.3) is 0 Å². The summed E-state index contributed by atoms with van der Waals surface area (Å²) in [4.78, 5) is 22.0. The lowest BCUT2D eigenvalue weighted by Crippen LogP contribution is -2.27. The maximum atomic E-state index is 11.7. The minimum absolute atomic E-state index is 0.0238. The van der Waals surface area contributed by atoms with E-state index in [1.165, 1.54) is 25.3 Å². The second kappa shape index (κ2) is 5.55. The van der Waals surface area contributed by atoms with Gasteiger partial charge in [0.15, 0.2) is 5.69 Å². The number of carbonyl (C=O) groups is 1. The maximum absolute atomic E-state index is 11.7. The van der Waals surface area contributed by atoms with Gasteiger partial charge in [0.1, 0.15) is 11.4 Å². The minimum atomic E-state index is -0.778. The Balaban J connectivity index is 3.05. The molecular formula is C12H16N2O5. The number of carbonyl (C=O) groups excluding carboxylic acids is 1. The molecule has 1 N–H and O–H groups in total. The van der Waals surface area contributed by atoms with E-state index in [1.54, 1.807) is 20.8 Å². The van der Waals surface area contributed by atoms with Crippen molar-refractivity contribution in [3.63, 3.8) is 0 Å². The zero-order valence-electron chi connectivity index (χ0n) is 11.2. The highest BCUT2D eigenvalue weighted by Crippen LogP contribution is 2.34. The van der Waals surface area contributed by atoms with E-state index in [-0.39, 0.29) is 17.1 Å². The number of nitrogens with zero attached hydrogens (tertiary/aromatic N) is 1. The van der Waals surface area contributed by atoms with Gasteiger partial charge in [-0.15, -0.1) is 0 Å². The van der Waals surface area contributed by atoms with Gasteiger partial charge >= 0.3 is 6.09 Å². The number of rotatable bonds is 3. The molecule has 0 atom stereocenters. The van der Waals surface area contributed by atoms with E-state index in [9.17, 15) is 14.9 Å². The largest absolute Gasteiger partial charge is 0.494 e. The molecule has 7 nitrogen and oxygen atoms in total. The summed E-state index contributed by atoms with van der Waals surface area (Å²) in [6, 6.07) is 4.26. The van der Waals surface area contributed by atoms with Gasteiger partial charge in [0.2, 0.25) is 0 Å². The number of anilines is 1. The summed E-state index contributed by atoms with van der Waals surface area (Å²) >= 11 is 0. The fourth-order valence-electron chi connectivity index (χ4n) is 1.37. The third-order valence-corrected chi connectivity index (χ3v) is 2.05. The van der Waals surface area contributed by atoms with Crippen LogP contribution in [0.15, 0.2) is 18.2 Å². The second-order valence-corrected chi connectivity index (χ2v) is 4.74. The molecule has 104 valence electrons. The van der Waals surface area contributed by atoms with E-state index in [2.05, 4.69) is 5.32 Å². The number of hydrogen-bond donors (Lipinski definition) is 1. The molecule has 0 unspecified atom stereocenters. The quantitative estimate of drug-likeness (QED) is 0.672. The average molecular weight is 268 g/mol. The summed E-state index contributed by atoms with van der Waals surface area (Å²) in [6.45, 7) is 5.09. The maximum Gasteiger partial charge on any atom is 0.412 e. The third kappa shape index (κ3) is 4.13. The second-order valence-electron chi connectivity index (χ2n) is 4.74. The molecule has 0 radical (unpaired) electrons. The number of nitro groups is 1. The number of nitro benzene ring substituents is 1. The number of benzene rings is 1. The monoisotopic (exact) mass is 268 g/mol. The Hall–Kier alpha value is -2.31. The lowest BCUT2D eigenvalue weighted by atomic mass is 10.2. The SMILES string of the molecule is COc1cccc([N+](=O)[O-])c1NC(=O)OC(C)(C)C. The first-order valence-corrected chi connectivity index (χ1v) is 5.56. The summed E-state index contributed by atoms with van der Waals surface area (Å²) < 4.78 is 10.0. The van der Waals surface area contributed by atoms with E-state index < -0.39 is 16.6 Å². The van der Waals surface area contributed by atoms with Gasteiger partial charge in [-0.3, -0.25) is 15.4 Å². The van der Waals surface area contributed by atoms with Crippen LogP contribution in [-0.2, 0) is 4.74 Å². The van der Waals surface area contributed by atoms with E-state index in [0.717, 1.165) is 0 Å².